The van der Waals surface area contributed by atoms with Crippen LogP contribution in [0, 0.1) is 5.92 Å². The third-order valence-corrected chi connectivity index (χ3v) is 3.76. The number of hydrogen-bond acceptors (Lipinski definition) is 4. The van der Waals surface area contributed by atoms with Crippen molar-refractivity contribution in [3.63, 3.8) is 0 Å². The standard InChI is InChI=1S/C15H32N2O2/c1-3-7-16-14-15-5-9-17(10-6-15)8-4-11-19-13-12-18-2/h15-16H,3-14H2,1-2H3. The van der Waals surface area contributed by atoms with Crippen LogP contribution < -0.4 is 5.32 Å². The molecule has 0 bridgehead atoms. The molecule has 114 valence electrons. The van der Waals surface area contributed by atoms with E-state index in [9.17, 15) is 0 Å². The van der Waals surface area contributed by atoms with Crippen LogP contribution in [0.4, 0.5) is 0 Å². The van der Waals surface area contributed by atoms with E-state index in [1.807, 2.05) is 0 Å². The van der Waals surface area contributed by atoms with Crippen LogP contribution in [0.25, 0.3) is 0 Å². The molecule has 0 aliphatic carbocycles. The van der Waals surface area contributed by atoms with Crippen molar-refractivity contribution >= 4 is 0 Å². The SMILES string of the molecule is CCCNCC1CCN(CCCOCCOC)CC1. The third-order valence-electron chi connectivity index (χ3n) is 3.76. The maximum atomic E-state index is 5.49. The lowest BCUT2D eigenvalue weighted by atomic mass is 9.96. The third kappa shape index (κ3) is 8.58. The Morgan fingerprint density at radius 1 is 1.16 bits per heavy atom. The molecule has 1 N–H and O–H groups in total. The zero-order valence-corrected chi connectivity index (χ0v) is 12.8. The van der Waals surface area contributed by atoms with Gasteiger partial charge in [-0.15, -0.1) is 0 Å². The Hall–Kier alpha value is -0.160. The first-order valence-electron chi connectivity index (χ1n) is 7.86. The summed E-state index contributed by atoms with van der Waals surface area (Å²) >= 11 is 0. The molecule has 4 nitrogen and oxygen atoms in total. The van der Waals surface area contributed by atoms with Crippen LogP contribution >= 0.6 is 0 Å². The van der Waals surface area contributed by atoms with Crippen LogP contribution in [0.1, 0.15) is 32.6 Å². The van der Waals surface area contributed by atoms with Crippen molar-refractivity contribution in [2.24, 2.45) is 5.92 Å². The van der Waals surface area contributed by atoms with Crippen LogP contribution in [-0.4, -0.2) is 64.6 Å². The molecule has 0 saturated carbocycles. The van der Waals surface area contributed by atoms with E-state index in [1.165, 1.54) is 52.0 Å². The maximum Gasteiger partial charge on any atom is 0.0700 e. The summed E-state index contributed by atoms with van der Waals surface area (Å²) < 4.78 is 10.4. The first kappa shape index (κ1) is 16.9. The van der Waals surface area contributed by atoms with Gasteiger partial charge in [-0.3, -0.25) is 0 Å². The molecular formula is C15H32N2O2. The Balaban J connectivity index is 1.92. The Morgan fingerprint density at radius 3 is 2.63 bits per heavy atom. The molecule has 1 heterocycles. The second-order valence-corrected chi connectivity index (χ2v) is 5.45. The Bertz CT molecular complexity index is 192. The van der Waals surface area contributed by atoms with Gasteiger partial charge in [0.15, 0.2) is 0 Å². The van der Waals surface area contributed by atoms with Gasteiger partial charge in [-0.1, -0.05) is 6.92 Å². The van der Waals surface area contributed by atoms with Gasteiger partial charge in [-0.05, 0) is 57.8 Å². The summed E-state index contributed by atoms with van der Waals surface area (Å²) in [4.78, 5) is 2.58. The second kappa shape index (κ2) is 11.6. The van der Waals surface area contributed by atoms with Gasteiger partial charge in [-0.25, -0.2) is 0 Å². The fourth-order valence-electron chi connectivity index (χ4n) is 2.53. The highest BCUT2D eigenvalue weighted by Gasteiger charge is 2.18. The van der Waals surface area contributed by atoms with Gasteiger partial charge in [0.2, 0.25) is 0 Å². The molecule has 0 aromatic carbocycles. The van der Waals surface area contributed by atoms with Crippen molar-refractivity contribution < 1.29 is 9.47 Å². The number of likely N-dealkylation sites (tertiary alicyclic amines) is 1. The molecule has 19 heavy (non-hydrogen) atoms. The van der Waals surface area contributed by atoms with E-state index >= 15 is 0 Å². The summed E-state index contributed by atoms with van der Waals surface area (Å²) in [6.45, 7) is 10.6. The van der Waals surface area contributed by atoms with E-state index in [0.29, 0.717) is 6.61 Å². The van der Waals surface area contributed by atoms with Crippen LogP contribution in [0.3, 0.4) is 0 Å². The monoisotopic (exact) mass is 272 g/mol. The van der Waals surface area contributed by atoms with Crippen molar-refractivity contribution in [3.8, 4) is 0 Å². The molecule has 1 aliphatic rings. The van der Waals surface area contributed by atoms with Crippen molar-refractivity contribution in [1.82, 2.24) is 10.2 Å². The first-order valence-corrected chi connectivity index (χ1v) is 7.86. The van der Waals surface area contributed by atoms with Crippen LogP contribution in [-0.2, 0) is 9.47 Å². The van der Waals surface area contributed by atoms with Gasteiger partial charge in [-0.2, -0.15) is 0 Å². The fraction of sp³-hybridized carbons (Fsp3) is 1.00. The van der Waals surface area contributed by atoms with Crippen LogP contribution in [0.2, 0.25) is 0 Å². The molecule has 0 aromatic rings. The van der Waals surface area contributed by atoms with Crippen molar-refractivity contribution in [3.05, 3.63) is 0 Å². The highest BCUT2D eigenvalue weighted by Crippen LogP contribution is 2.16. The minimum Gasteiger partial charge on any atom is -0.382 e. The number of ether oxygens (including phenoxy) is 2. The van der Waals surface area contributed by atoms with E-state index in [2.05, 4.69) is 17.1 Å². The summed E-state index contributed by atoms with van der Waals surface area (Å²) in [5, 5.41) is 3.54. The summed E-state index contributed by atoms with van der Waals surface area (Å²) in [7, 11) is 1.71. The number of nitrogens with zero attached hydrogens (tertiary/aromatic N) is 1. The Morgan fingerprint density at radius 2 is 1.95 bits per heavy atom. The summed E-state index contributed by atoms with van der Waals surface area (Å²) in [6.07, 6.45) is 5.08. The lowest BCUT2D eigenvalue weighted by molar-refractivity contribution is 0.0630. The van der Waals surface area contributed by atoms with E-state index in [0.717, 1.165) is 25.6 Å². The lowest BCUT2D eigenvalue weighted by Gasteiger charge is -2.32. The average molecular weight is 272 g/mol. The molecule has 0 unspecified atom stereocenters. The number of methoxy groups -OCH3 is 1. The number of hydrogen-bond donors (Lipinski definition) is 1. The highest BCUT2D eigenvalue weighted by atomic mass is 16.5. The summed E-state index contributed by atoms with van der Waals surface area (Å²) in [5.74, 6) is 0.890. The van der Waals surface area contributed by atoms with E-state index in [1.54, 1.807) is 7.11 Å². The highest BCUT2D eigenvalue weighted by molar-refractivity contribution is 4.73. The molecule has 1 fully saturated rings. The molecule has 0 spiro atoms. The fourth-order valence-corrected chi connectivity index (χ4v) is 2.53. The van der Waals surface area contributed by atoms with Crippen molar-refractivity contribution in [2.45, 2.75) is 32.6 Å². The number of piperidine rings is 1. The van der Waals surface area contributed by atoms with Gasteiger partial charge >= 0.3 is 0 Å². The van der Waals surface area contributed by atoms with Gasteiger partial charge in [0.05, 0.1) is 13.2 Å². The minimum atomic E-state index is 0.705. The summed E-state index contributed by atoms with van der Waals surface area (Å²) in [5.41, 5.74) is 0. The lowest BCUT2D eigenvalue weighted by Crippen LogP contribution is -2.38. The summed E-state index contributed by atoms with van der Waals surface area (Å²) in [6, 6.07) is 0. The van der Waals surface area contributed by atoms with Crippen LogP contribution in [0.15, 0.2) is 0 Å². The van der Waals surface area contributed by atoms with Gasteiger partial charge < -0.3 is 19.7 Å². The molecule has 4 heteroatoms. The first-order chi connectivity index (χ1) is 9.36. The molecular weight excluding hydrogens is 240 g/mol. The number of rotatable bonds is 11. The maximum absolute atomic E-state index is 5.49. The normalized spacial score (nSPS) is 18.0. The molecule has 0 amide bonds. The zero-order valence-electron chi connectivity index (χ0n) is 12.8. The second-order valence-electron chi connectivity index (χ2n) is 5.45. The minimum absolute atomic E-state index is 0.705. The quantitative estimate of drug-likeness (QED) is 0.581. The molecule has 1 rings (SSSR count). The largest absolute Gasteiger partial charge is 0.382 e. The molecule has 1 saturated heterocycles. The smallest absolute Gasteiger partial charge is 0.0700 e. The predicted octanol–water partition coefficient (Wildman–Crippen LogP) is 1.75. The van der Waals surface area contributed by atoms with E-state index in [4.69, 9.17) is 9.47 Å². The van der Waals surface area contributed by atoms with Crippen molar-refractivity contribution in [2.75, 3.05) is 59.7 Å². The Labute approximate surface area is 118 Å². The zero-order chi connectivity index (χ0) is 13.8. The van der Waals surface area contributed by atoms with Gasteiger partial charge in [0.1, 0.15) is 0 Å². The molecule has 0 atom stereocenters. The Kier molecular flexibility index (Phi) is 10.4. The predicted molar refractivity (Wildman–Crippen MR) is 79.6 cm³/mol. The molecule has 1 aliphatic heterocycles. The van der Waals surface area contributed by atoms with E-state index in [-0.39, 0.29) is 0 Å². The van der Waals surface area contributed by atoms with Crippen molar-refractivity contribution in [1.29, 1.82) is 0 Å². The van der Waals surface area contributed by atoms with Gasteiger partial charge in [0.25, 0.3) is 0 Å². The van der Waals surface area contributed by atoms with Crippen LogP contribution in [0.5, 0.6) is 0 Å². The molecule has 0 radical (unpaired) electrons. The average Bonchev–Trinajstić information content (AvgIpc) is 2.44. The van der Waals surface area contributed by atoms with Gasteiger partial charge in [0, 0.05) is 20.3 Å². The topological polar surface area (TPSA) is 33.7 Å². The number of nitrogens with one attached hydrogen (secondary N) is 1. The van der Waals surface area contributed by atoms with E-state index < -0.39 is 0 Å². The molecule has 0 aromatic heterocycles.